The third-order valence-electron chi connectivity index (χ3n) is 9.06. The molecule has 0 fully saturated rings. The lowest BCUT2D eigenvalue weighted by Crippen LogP contribution is -2.58. The number of rotatable bonds is 23. The van der Waals surface area contributed by atoms with Gasteiger partial charge in [0.2, 0.25) is 29.5 Å². The van der Waals surface area contributed by atoms with Gasteiger partial charge in [0, 0.05) is 26.3 Å². The van der Waals surface area contributed by atoms with E-state index in [4.69, 9.17) is 10.8 Å². The van der Waals surface area contributed by atoms with Crippen molar-refractivity contribution >= 4 is 53.2 Å². The van der Waals surface area contributed by atoms with Crippen LogP contribution in [0.2, 0.25) is 0 Å². The number of aliphatic carboxylic acids is 1. The van der Waals surface area contributed by atoms with Crippen molar-refractivity contribution < 1.29 is 38.7 Å². The molecule has 1 heterocycles. The van der Waals surface area contributed by atoms with Gasteiger partial charge in [-0.05, 0) is 48.3 Å². The van der Waals surface area contributed by atoms with Crippen molar-refractivity contribution in [3.8, 4) is 0 Å². The molecule has 0 radical (unpaired) electrons. The summed E-state index contributed by atoms with van der Waals surface area (Å²) in [7, 11) is 1.39. The van der Waals surface area contributed by atoms with Crippen LogP contribution in [0.5, 0.6) is 0 Å². The van der Waals surface area contributed by atoms with Crippen LogP contribution >= 0.6 is 11.8 Å². The van der Waals surface area contributed by atoms with Gasteiger partial charge in [-0.3, -0.25) is 43.2 Å². The van der Waals surface area contributed by atoms with Crippen LogP contribution in [-0.4, -0.2) is 112 Å². The number of nitrogens with one attached hydrogen (secondary N) is 4. The smallest absolute Gasteiger partial charge is 0.326 e. The van der Waals surface area contributed by atoms with Crippen molar-refractivity contribution in [3.63, 3.8) is 0 Å². The average molecular weight is 810 g/mol. The van der Waals surface area contributed by atoms with Gasteiger partial charge in [0.25, 0.3) is 5.91 Å². The number of amides is 5. The van der Waals surface area contributed by atoms with Crippen molar-refractivity contribution in [2.45, 2.75) is 82.6 Å². The summed E-state index contributed by atoms with van der Waals surface area (Å²) in [4.78, 5) is 116. The Bertz CT molecular complexity index is 1910. The van der Waals surface area contributed by atoms with Crippen molar-refractivity contribution in [1.82, 2.24) is 30.7 Å². The Labute approximate surface area is 334 Å². The number of thioether (sulfide) groups is 1. The molecular formula is C39H51N7O10S. The van der Waals surface area contributed by atoms with Crippen LogP contribution in [0.1, 0.15) is 55.5 Å². The summed E-state index contributed by atoms with van der Waals surface area (Å²) in [6.45, 7) is 3.04. The second-order valence-electron chi connectivity index (χ2n) is 14.0. The standard InChI is InChI=1S/C39H51N7O10S/c1-23(2)19-28(34(51)43-27(17-18-57-4)37(54)46-38(55)39(46)56)42-31(47)22-41-35(52)30(21-25-13-9-6-10-14-25)45(3)36(53)29(20-24-11-7-5-8-12-24)44-33(50)26(40)15-16-32(48)49/h5-14,23,26-30H,15-22,40H2,1-4H3,(H,41,52)(H,42,47)(H,43,51)(H,44,50)(H,48,49)/t26-,27-,28-,29-,30-/m0/s1. The number of nitrogens with zero attached hydrogens (tertiary/aromatic N) is 2. The molecule has 17 nitrogen and oxygen atoms in total. The van der Waals surface area contributed by atoms with Crippen LogP contribution in [0.15, 0.2) is 70.3 Å². The highest BCUT2D eigenvalue weighted by Crippen LogP contribution is 2.14. The second kappa shape index (κ2) is 22.2. The van der Waals surface area contributed by atoms with Crippen LogP contribution in [0.25, 0.3) is 0 Å². The van der Waals surface area contributed by atoms with E-state index in [1.165, 1.54) is 23.7 Å². The third-order valence-corrected chi connectivity index (χ3v) is 9.70. The van der Waals surface area contributed by atoms with E-state index in [0.717, 1.165) is 0 Å². The molecule has 0 aliphatic rings. The van der Waals surface area contributed by atoms with Gasteiger partial charge in [-0.2, -0.15) is 11.8 Å². The molecule has 2 aromatic carbocycles. The van der Waals surface area contributed by atoms with Gasteiger partial charge in [0.1, 0.15) is 24.2 Å². The summed E-state index contributed by atoms with van der Waals surface area (Å²) >= 11 is 1.39. The predicted molar refractivity (Wildman–Crippen MR) is 213 cm³/mol. The Morgan fingerprint density at radius 1 is 0.772 bits per heavy atom. The molecule has 0 unspecified atom stereocenters. The SMILES string of the molecule is CSCC[C@H](NC(=O)[C@H](CC(C)C)NC(=O)CNC(=O)[C@H](Cc1ccccc1)N(C)C(=O)[C@H](Cc1ccccc1)NC(=O)[C@@H](N)CCC(=O)O)C(=O)n1c(=O)c1=O. The molecule has 0 aliphatic heterocycles. The van der Waals surface area contributed by atoms with E-state index in [9.17, 15) is 43.2 Å². The maximum atomic E-state index is 14.2. The zero-order valence-electron chi connectivity index (χ0n) is 32.4. The zero-order chi connectivity index (χ0) is 42.2. The van der Waals surface area contributed by atoms with Crippen molar-refractivity contribution in [2.75, 3.05) is 25.6 Å². The summed E-state index contributed by atoms with van der Waals surface area (Å²) in [5.41, 5.74) is 5.41. The molecule has 0 bridgehead atoms. The molecule has 3 aromatic rings. The number of hydrogen-bond acceptors (Lipinski definition) is 11. The summed E-state index contributed by atoms with van der Waals surface area (Å²) in [6, 6.07) is 11.7. The molecule has 3 rings (SSSR count). The Kier molecular flexibility index (Phi) is 17.8. The predicted octanol–water partition coefficient (Wildman–Crippen LogP) is -0.401. The van der Waals surface area contributed by atoms with E-state index in [1.54, 1.807) is 66.9 Å². The number of hydrogen-bond donors (Lipinski definition) is 6. The Hall–Kier alpha value is -5.62. The minimum absolute atomic E-state index is 0.0204. The van der Waals surface area contributed by atoms with E-state index in [2.05, 4.69) is 21.3 Å². The number of nitrogens with two attached hydrogens (primary N) is 1. The quantitative estimate of drug-likeness (QED) is 0.0670. The van der Waals surface area contributed by atoms with Crippen LogP contribution in [0, 0.1) is 5.92 Å². The Morgan fingerprint density at radius 2 is 1.33 bits per heavy atom. The molecule has 5 atom stereocenters. The van der Waals surface area contributed by atoms with Crippen LogP contribution in [0.4, 0.5) is 0 Å². The molecular weight excluding hydrogens is 759 g/mol. The summed E-state index contributed by atoms with van der Waals surface area (Å²) in [5, 5.41) is 19.4. The fourth-order valence-corrected chi connectivity index (χ4v) is 6.34. The first-order valence-corrected chi connectivity index (χ1v) is 19.8. The van der Waals surface area contributed by atoms with Gasteiger partial charge >= 0.3 is 17.1 Å². The van der Waals surface area contributed by atoms with Gasteiger partial charge in [-0.1, -0.05) is 74.5 Å². The van der Waals surface area contributed by atoms with Crippen LogP contribution < -0.4 is 38.1 Å². The zero-order valence-corrected chi connectivity index (χ0v) is 33.2. The summed E-state index contributed by atoms with van der Waals surface area (Å²) < 4.78 is 0.458. The van der Waals surface area contributed by atoms with Gasteiger partial charge in [-0.15, -0.1) is 0 Å². The minimum atomic E-state index is -1.22. The number of carbonyl (C=O) groups excluding carboxylic acids is 6. The Balaban J connectivity index is 1.79. The van der Waals surface area contributed by atoms with Gasteiger partial charge < -0.3 is 37.0 Å². The van der Waals surface area contributed by atoms with Gasteiger partial charge in [0.15, 0.2) is 0 Å². The second-order valence-corrected chi connectivity index (χ2v) is 15.0. The molecule has 1 aromatic heterocycles. The monoisotopic (exact) mass is 809 g/mol. The highest BCUT2D eigenvalue weighted by atomic mass is 32.2. The van der Waals surface area contributed by atoms with E-state index >= 15 is 0 Å². The lowest BCUT2D eigenvalue weighted by Gasteiger charge is -2.31. The highest BCUT2D eigenvalue weighted by molar-refractivity contribution is 7.98. The average Bonchev–Trinajstić information content (AvgIpc) is 3.79. The molecule has 0 saturated carbocycles. The molecule has 7 N–H and O–H groups in total. The minimum Gasteiger partial charge on any atom is -0.481 e. The maximum Gasteiger partial charge on any atom is 0.326 e. The fraction of sp³-hybridized carbons (Fsp3) is 0.462. The topological polar surface area (TPSA) is 256 Å². The van der Waals surface area contributed by atoms with Crippen molar-refractivity contribution in [1.29, 1.82) is 0 Å². The summed E-state index contributed by atoms with van der Waals surface area (Å²) in [5.74, 6) is -5.23. The van der Waals surface area contributed by atoms with E-state index in [0.29, 0.717) is 21.4 Å². The third kappa shape index (κ3) is 14.4. The molecule has 18 heteroatoms. The maximum absolute atomic E-state index is 14.2. The van der Waals surface area contributed by atoms with E-state index in [1.807, 2.05) is 13.8 Å². The van der Waals surface area contributed by atoms with E-state index < -0.39 is 89.3 Å². The van der Waals surface area contributed by atoms with Crippen LogP contribution in [-0.2, 0) is 41.6 Å². The highest BCUT2D eigenvalue weighted by Gasteiger charge is 2.35. The normalized spacial score (nSPS) is 13.8. The van der Waals surface area contributed by atoms with Crippen molar-refractivity contribution in [2.24, 2.45) is 11.7 Å². The lowest BCUT2D eigenvalue weighted by atomic mass is 10.0. The van der Waals surface area contributed by atoms with Gasteiger partial charge in [-0.25, -0.2) is 4.57 Å². The number of likely N-dealkylation sites (N-methyl/N-ethyl adjacent to an activating group) is 1. The molecule has 0 aliphatic carbocycles. The largest absolute Gasteiger partial charge is 0.481 e. The molecule has 5 amide bonds. The number of aromatic nitrogens is 1. The van der Waals surface area contributed by atoms with Gasteiger partial charge in [0.05, 0.1) is 12.6 Å². The first-order chi connectivity index (χ1) is 27.0. The molecule has 0 saturated heterocycles. The number of carbonyl (C=O) groups is 7. The lowest BCUT2D eigenvalue weighted by molar-refractivity contribution is -0.142. The van der Waals surface area contributed by atoms with E-state index in [-0.39, 0.29) is 44.4 Å². The first-order valence-electron chi connectivity index (χ1n) is 18.4. The molecule has 57 heavy (non-hydrogen) atoms. The van der Waals surface area contributed by atoms with Crippen molar-refractivity contribution in [3.05, 3.63) is 92.5 Å². The molecule has 308 valence electrons. The number of carboxylic acids is 1. The first kappa shape index (κ1) is 45.8. The number of benzene rings is 2. The number of carboxylic acid groups (broad SMARTS) is 1. The van der Waals surface area contributed by atoms with Crippen LogP contribution in [0.3, 0.4) is 0 Å². The Morgan fingerprint density at radius 3 is 1.86 bits per heavy atom. The summed E-state index contributed by atoms with van der Waals surface area (Å²) in [6.07, 6.45) is 1.59. The fourth-order valence-electron chi connectivity index (χ4n) is 5.87. The molecule has 0 spiro atoms.